The first-order valence-corrected chi connectivity index (χ1v) is 6.17. The van der Waals surface area contributed by atoms with E-state index in [4.69, 9.17) is 0 Å². The minimum Gasteiger partial charge on any atom is -0.300 e. The molecule has 1 saturated heterocycles. The normalized spacial score (nSPS) is 25.4. The fourth-order valence-electron chi connectivity index (χ4n) is 1.42. The second-order valence-electron chi connectivity index (χ2n) is 3.57. The lowest BCUT2D eigenvalue weighted by molar-refractivity contribution is 0.277. The predicted molar refractivity (Wildman–Crippen MR) is 56.8 cm³/mol. The van der Waals surface area contributed by atoms with Crippen molar-refractivity contribution in [3.8, 4) is 0 Å². The molecule has 1 rings (SSSR count). The van der Waals surface area contributed by atoms with Crippen molar-refractivity contribution >= 4 is 27.7 Å². The third kappa shape index (κ3) is 3.34. The topological polar surface area (TPSA) is 3.24 Å². The molecule has 0 N–H and O–H groups in total. The highest BCUT2D eigenvalue weighted by Crippen LogP contribution is 2.29. The highest BCUT2D eigenvalue weighted by molar-refractivity contribution is 9.09. The molecule has 0 unspecified atom stereocenters. The van der Waals surface area contributed by atoms with E-state index in [0.29, 0.717) is 4.75 Å². The SMILES string of the molecule is CC1(C)CN(CCBr)CCS1. The maximum Gasteiger partial charge on any atom is 0.0231 e. The van der Waals surface area contributed by atoms with E-state index < -0.39 is 0 Å². The predicted octanol–water partition coefficient (Wildman–Crippen LogP) is 2.21. The smallest absolute Gasteiger partial charge is 0.0231 e. The lowest BCUT2D eigenvalue weighted by Gasteiger charge is -2.37. The zero-order valence-electron chi connectivity index (χ0n) is 7.27. The molecule has 0 aliphatic carbocycles. The van der Waals surface area contributed by atoms with Gasteiger partial charge in [0.2, 0.25) is 0 Å². The first-order chi connectivity index (χ1) is 5.14. The summed E-state index contributed by atoms with van der Waals surface area (Å²) in [5.74, 6) is 1.29. The number of hydrogen-bond acceptors (Lipinski definition) is 2. The van der Waals surface area contributed by atoms with Gasteiger partial charge in [-0.15, -0.1) is 0 Å². The highest BCUT2D eigenvalue weighted by atomic mass is 79.9. The van der Waals surface area contributed by atoms with Crippen LogP contribution in [0.3, 0.4) is 0 Å². The van der Waals surface area contributed by atoms with Gasteiger partial charge in [-0.1, -0.05) is 15.9 Å². The molecule has 1 fully saturated rings. The monoisotopic (exact) mass is 237 g/mol. The lowest BCUT2D eigenvalue weighted by atomic mass is 10.2. The molecule has 66 valence electrons. The van der Waals surface area contributed by atoms with Gasteiger partial charge < -0.3 is 4.90 Å². The molecule has 1 aliphatic rings. The van der Waals surface area contributed by atoms with E-state index in [2.05, 4.69) is 46.4 Å². The zero-order chi connectivity index (χ0) is 8.32. The summed E-state index contributed by atoms with van der Waals surface area (Å²) in [4.78, 5) is 2.53. The van der Waals surface area contributed by atoms with Gasteiger partial charge in [0.25, 0.3) is 0 Å². The number of hydrogen-bond donors (Lipinski definition) is 0. The number of halogens is 1. The van der Waals surface area contributed by atoms with E-state index in [-0.39, 0.29) is 0 Å². The molecule has 0 amide bonds. The summed E-state index contributed by atoms with van der Waals surface area (Å²) in [6, 6.07) is 0. The van der Waals surface area contributed by atoms with Gasteiger partial charge in [-0.3, -0.25) is 0 Å². The van der Waals surface area contributed by atoms with Crippen LogP contribution in [0.4, 0.5) is 0 Å². The molecule has 0 bridgehead atoms. The molecule has 0 aromatic heterocycles. The average Bonchev–Trinajstić information content (AvgIpc) is 1.85. The van der Waals surface area contributed by atoms with E-state index in [0.717, 1.165) is 5.33 Å². The summed E-state index contributed by atoms with van der Waals surface area (Å²) in [6.45, 7) is 8.36. The van der Waals surface area contributed by atoms with Crippen molar-refractivity contribution in [1.82, 2.24) is 4.90 Å². The number of thioether (sulfide) groups is 1. The Hall–Kier alpha value is 0.790. The van der Waals surface area contributed by atoms with Gasteiger partial charge in [0, 0.05) is 35.5 Å². The Balaban J connectivity index is 2.34. The summed E-state index contributed by atoms with van der Waals surface area (Å²) < 4.78 is 0.473. The van der Waals surface area contributed by atoms with E-state index >= 15 is 0 Å². The van der Waals surface area contributed by atoms with Crippen molar-refractivity contribution in [3.63, 3.8) is 0 Å². The Bertz CT molecular complexity index is 125. The molecular formula is C8H16BrNS. The highest BCUT2D eigenvalue weighted by Gasteiger charge is 2.26. The molecule has 0 aromatic carbocycles. The van der Waals surface area contributed by atoms with Gasteiger partial charge in [-0.25, -0.2) is 0 Å². The van der Waals surface area contributed by atoms with Crippen molar-refractivity contribution in [2.24, 2.45) is 0 Å². The van der Waals surface area contributed by atoms with Crippen molar-refractivity contribution in [3.05, 3.63) is 0 Å². The molecule has 0 atom stereocenters. The summed E-state index contributed by atoms with van der Waals surface area (Å²) >= 11 is 5.57. The Labute approximate surface area is 82.0 Å². The summed E-state index contributed by atoms with van der Waals surface area (Å²) in [7, 11) is 0. The molecule has 3 heteroatoms. The summed E-state index contributed by atoms with van der Waals surface area (Å²) in [6.07, 6.45) is 0. The van der Waals surface area contributed by atoms with Gasteiger partial charge in [0.05, 0.1) is 0 Å². The largest absolute Gasteiger partial charge is 0.300 e. The summed E-state index contributed by atoms with van der Waals surface area (Å²) in [5, 5.41) is 1.10. The van der Waals surface area contributed by atoms with Gasteiger partial charge in [-0.05, 0) is 13.8 Å². The van der Waals surface area contributed by atoms with Crippen molar-refractivity contribution in [1.29, 1.82) is 0 Å². The van der Waals surface area contributed by atoms with Gasteiger partial charge >= 0.3 is 0 Å². The minimum absolute atomic E-state index is 0.473. The summed E-state index contributed by atoms with van der Waals surface area (Å²) in [5.41, 5.74) is 0. The molecule has 1 heterocycles. The van der Waals surface area contributed by atoms with Crippen LogP contribution in [0.25, 0.3) is 0 Å². The second-order valence-corrected chi connectivity index (χ2v) is 6.17. The van der Waals surface area contributed by atoms with Crippen LogP contribution < -0.4 is 0 Å². The quantitative estimate of drug-likeness (QED) is 0.678. The molecule has 0 saturated carbocycles. The Kier molecular flexibility index (Phi) is 3.72. The minimum atomic E-state index is 0.473. The van der Waals surface area contributed by atoms with Crippen LogP contribution in [-0.2, 0) is 0 Å². The zero-order valence-corrected chi connectivity index (χ0v) is 9.67. The molecule has 0 aromatic rings. The molecule has 1 nitrogen and oxygen atoms in total. The number of alkyl halides is 1. The molecule has 0 spiro atoms. The van der Waals surface area contributed by atoms with Crippen LogP contribution in [0, 0.1) is 0 Å². The molecule has 11 heavy (non-hydrogen) atoms. The van der Waals surface area contributed by atoms with Gasteiger partial charge in [0.1, 0.15) is 0 Å². The van der Waals surface area contributed by atoms with Crippen molar-refractivity contribution < 1.29 is 0 Å². The maximum absolute atomic E-state index is 3.47. The average molecular weight is 238 g/mol. The van der Waals surface area contributed by atoms with Gasteiger partial charge in [-0.2, -0.15) is 11.8 Å². The number of rotatable bonds is 2. The van der Waals surface area contributed by atoms with Crippen LogP contribution in [0.1, 0.15) is 13.8 Å². The van der Waals surface area contributed by atoms with Gasteiger partial charge in [0.15, 0.2) is 0 Å². The van der Waals surface area contributed by atoms with Crippen LogP contribution in [0.15, 0.2) is 0 Å². The van der Waals surface area contributed by atoms with E-state index in [1.807, 2.05) is 0 Å². The standard InChI is InChI=1S/C8H16BrNS/c1-8(2)7-10(4-3-9)5-6-11-8/h3-7H2,1-2H3. The van der Waals surface area contributed by atoms with Crippen LogP contribution in [0.5, 0.6) is 0 Å². The lowest BCUT2D eigenvalue weighted by Crippen LogP contribution is -2.43. The fraction of sp³-hybridized carbons (Fsp3) is 1.00. The fourth-order valence-corrected chi connectivity index (χ4v) is 3.10. The molecule has 1 aliphatic heterocycles. The van der Waals surface area contributed by atoms with E-state index in [9.17, 15) is 0 Å². The Morgan fingerprint density at radius 2 is 2.27 bits per heavy atom. The van der Waals surface area contributed by atoms with E-state index in [1.165, 1.54) is 25.4 Å². The van der Waals surface area contributed by atoms with Crippen LogP contribution in [-0.4, -0.2) is 40.4 Å². The van der Waals surface area contributed by atoms with Crippen LogP contribution in [0.2, 0.25) is 0 Å². The van der Waals surface area contributed by atoms with Crippen molar-refractivity contribution in [2.45, 2.75) is 18.6 Å². The third-order valence-electron chi connectivity index (χ3n) is 1.91. The Morgan fingerprint density at radius 3 is 2.82 bits per heavy atom. The second kappa shape index (κ2) is 4.15. The number of nitrogens with zero attached hydrogens (tertiary/aromatic N) is 1. The van der Waals surface area contributed by atoms with E-state index in [1.54, 1.807) is 0 Å². The first-order valence-electron chi connectivity index (χ1n) is 4.06. The molecule has 0 radical (unpaired) electrons. The van der Waals surface area contributed by atoms with Crippen LogP contribution >= 0.6 is 27.7 Å². The maximum atomic E-state index is 3.47. The first kappa shape index (κ1) is 9.87. The third-order valence-corrected chi connectivity index (χ3v) is 3.56. The molecular weight excluding hydrogens is 222 g/mol. The Morgan fingerprint density at radius 1 is 1.55 bits per heavy atom. The van der Waals surface area contributed by atoms with Crippen molar-refractivity contribution in [2.75, 3.05) is 30.7 Å².